The number of benzene rings is 2. The van der Waals surface area contributed by atoms with E-state index in [4.69, 9.17) is 4.74 Å². The molecule has 0 saturated heterocycles. The van der Waals surface area contributed by atoms with Gasteiger partial charge in [-0.15, -0.1) is 0 Å². The molecule has 2 aromatic carbocycles. The summed E-state index contributed by atoms with van der Waals surface area (Å²) in [6, 6.07) is 11.1. The highest BCUT2D eigenvalue weighted by atomic mass is 16.5. The number of nitrogens with zero attached hydrogens (tertiary/aromatic N) is 2. The third-order valence-electron chi connectivity index (χ3n) is 4.53. The van der Waals surface area contributed by atoms with Gasteiger partial charge in [0.05, 0.1) is 19.2 Å². The van der Waals surface area contributed by atoms with Crippen molar-refractivity contribution in [2.24, 2.45) is 0 Å². The van der Waals surface area contributed by atoms with Gasteiger partial charge in [0.25, 0.3) is 0 Å². The summed E-state index contributed by atoms with van der Waals surface area (Å²) >= 11 is 0. The van der Waals surface area contributed by atoms with Crippen LogP contribution in [0.4, 0.5) is 0 Å². The van der Waals surface area contributed by atoms with E-state index in [2.05, 4.69) is 24.0 Å². The van der Waals surface area contributed by atoms with E-state index in [-0.39, 0.29) is 11.4 Å². The quantitative estimate of drug-likeness (QED) is 0.736. The van der Waals surface area contributed by atoms with Gasteiger partial charge in [-0.3, -0.25) is 4.57 Å². The summed E-state index contributed by atoms with van der Waals surface area (Å²) in [7, 11) is 1.60. The van der Waals surface area contributed by atoms with Crippen molar-refractivity contribution in [3.8, 4) is 22.9 Å². The lowest BCUT2D eigenvalue weighted by atomic mass is 9.95. The number of hydrogen-bond acceptors (Lipinski definition) is 4. The van der Waals surface area contributed by atoms with E-state index in [1.165, 1.54) is 4.57 Å². The van der Waals surface area contributed by atoms with Crippen molar-refractivity contribution < 1.29 is 9.84 Å². The van der Waals surface area contributed by atoms with Crippen molar-refractivity contribution in [2.75, 3.05) is 7.11 Å². The first-order chi connectivity index (χ1) is 12.4. The van der Waals surface area contributed by atoms with Gasteiger partial charge in [-0.25, -0.2) is 9.89 Å². The maximum absolute atomic E-state index is 12.3. The first kappa shape index (κ1) is 17.8. The van der Waals surface area contributed by atoms with Gasteiger partial charge in [-0.1, -0.05) is 32.0 Å². The molecule has 0 fully saturated rings. The maximum Gasteiger partial charge on any atom is 0.343 e. The molecule has 3 rings (SSSR count). The molecule has 6 nitrogen and oxygen atoms in total. The number of aromatic hydroxyl groups is 1. The van der Waals surface area contributed by atoms with Crippen LogP contribution in [0.25, 0.3) is 11.4 Å². The number of aryl methyl sites for hydroxylation is 1. The lowest BCUT2D eigenvalue weighted by Crippen LogP contribution is -2.19. The summed E-state index contributed by atoms with van der Waals surface area (Å²) in [5.41, 5.74) is 3.17. The van der Waals surface area contributed by atoms with Crippen LogP contribution in [-0.2, 0) is 6.54 Å². The number of phenols is 1. The molecule has 0 atom stereocenters. The average Bonchev–Trinajstić information content (AvgIpc) is 2.96. The highest BCUT2D eigenvalue weighted by molar-refractivity contribution is 5.66. The molecule has 2 N–H and O–H groups in total. The molecule has 3 aromatic rings. The molecule has 0 amide bonds. The van der Waals surface area contributed by atoms with Crippen LogP contribution in [0.2, 0.25) is 0 Å². The summed E-state index contributed by atoms with van der Waals surface area (Å²) in [4.78, 5) is 12.3. The molecule has 0 bridgehead atoms. The molecule has 0 aliphatic rings. The van der Waals surface area contributed by atoms with Gasteiger partial charge in [0.1, 0.15) is 11.5 Å². The number of rotatable bonds is 5. The normalized spacial score (nSPS) is 11.1. The second kappa shape index (κ2) is 7.07. The van der Waals surface area contributed by atoms with E-state index in [1.807, 2.05) is 37.3 Å². The number of aromatic nitrogens is 3. The molecular weight excluding hydrogens is 330 g/mol. The molecule has 0 saturated carbocycles. The largest absolute Gasteiger partial charge is 0.507 e. The monoisotopic (exact) mass is 353 g/mol. The van der Waals surface area contributed by atoms with Crippen molar-refractivity contribution in [1.82, 2.24) is 14.8 Å². The molecule has 0 spiro atoms. The van der Waals surface area contributed by atoms with Crippen LogP contribution in [0.15, 0.2) is 41.2 Å². The zero-order valence-electron chi connectivity index (χ0n) is 15.4. The predicted octanol–water partition coefficient (Wildman–Crippen LogP) is 3.43. The molecule has 0 aliphatic carbocycles. The fourth-order valence-electron chi connectivity index (χ4n) is 3.18. The van der Waals surface area contributed by atoms with Crippen LogP contribution >= 0.6 is 0 Å². The molecule has 136 valence electrons. The van der Waals surface area contributed by atoms with Crippen molar-refractivity contribution in [3.05, 3.63) is 63.6 Å². The second-order valence-electron chi connectivity index (χ2n) is 6.63. The Bertz CT molecular complexity index is 986. The molecular formula is C20H23N3O3. The summed E-state index contributed by atoms with van der Waals surface area (Å²) < 4.78 is 6.88. The van der Waals surface area contributed by atoms with E-state index in [0.717, 1.165) is 16.7 Å². The Morgan fingerprint density at radius 1 is 1.27 bits per heavy atom. The van der Waals surface area contributed by atoms with Crippen molar-refractivity contribution in [3.63, 3.8) is 0 Å². The van der Waals surface area contributed by atoms with E-state index in [0.29, 0.717) is 29.6 Å². The smallest absolute Gasteiger partial charge is 0.343 e. The van der Waals surface area contributed by atoms with E-state index < -0.39 is 0 Å². The molecule has 1 aromatic heterocycles. The number of H-pyrrole nitrogens is 1. The van der Waals surface area contributed by atoms with Crippen LogP contribution in [0.5, 0.6) is 11.5 Å². The Kier molecular flexibility index (Phi) is 4.84. The molecule has 0 unspecified atom stereocenters. The summed E-state index contributed by atoms with van der Waals surface area (Å²) in [6.45, 7) is 6.44. The highest BCUT2D eigenvalue weighted by Crippen LogP contribution is 2.33. The van der Waals surface area contributed by atoms with Crippen LogP contribution in [0, 0.1) is 6.92 Å². The minimum absolute atomic E-state index is 0.104. The molecule has 6 heteroatoms. The molecule has 0 aliphatic heterocycles. The number of aromatic amines is 1. The van der Waals surface area contributed by atoms with Gasteiger partial charge in [-0.2, -0.15) is 5.10 Å². The first-order valence-electron chi connectivity index (χ1n) is 8.53. The summed E-state index contributed by atoms with van der Waals surface area (Å²) in [6.07, 6.45) is 0. The number of hydrogen-bond donors (Lipinski definition) is 2. The average molecular weight is 353 g/mol. The minimum Gasteiger partial charge on any atom is -0.507 e. The Morgan fingerprint density at radius 3 is 2.69 bits per heavy atom. The van der Waals surface area contributed by atoms with Crippen LogP contribution in [-0.4, -0.2) is 27.0 Å². The summed E-state index contributed by atoms with van der Waals surface area (Å²) in [5.74, 6) is 1.50. The van der Waals surface area contributed by atoms with Gasteiger partial charge >= 0.3 is 5.69 Å². The lowest BCUT2D eigenvalue weighted by Gasteiger charge is -2.15. The Hall–Kier alpha value is -3.02. The SMILES string of the molecule is COc1ccccc1Cn1c(-c2cc(C(C)C)c(C)cc2O)n[nH]c1=O. The number of phenolic OH excluding ortho intramolecular Hbond substituents is 1. The van der Waals surface area contributed by atoms with Gasteiger partial charge in [-0.05, 0) is 42.2 Å². The lowest BCUT2D eigenvalue weighted by molar-refractivity contribution is 0.408. The van der Waals surface area contributed by atoms with Gasteiger partial charge in [0.15, 0.2) is 5.82 Å². The second-order valence-corrected chi connectivity index (χ2v) is 6.63. The topological polar surface area (TPSA) is 80.1 Å². The Balaban J connectivity index is 2.12. The molecule has 0 radical (unpaired) electrons. The Morgan fingerprint density at radius 2 is 2.00 bits per heavy atom. The van der Waals surface area contributed by atoms with Crippen molar-refractivity contribution in [2.45, 2.75) is 33.2 Å². The van der Waals surface area contributed by atoms with Gasteiger partial charge in [0.2, 0.25) is 0 Å². The van der Waals surface area contributed by atoms with Gasteiger partial charge in [0, 0.05) is 5.56 Å². The number of methoxy groups -OCH3 is 1. The van der Waals surface area contributed by atoms with Crippen LogP contribution in [0.1, 0.15) is 36.5 Å². The number of nitrogens with one attached hydrogen (secondary N) is 1. The molecule has 1 heterocycles. The van der Waals surface area contributed by atoms with Crippen molar-refractivity contribution in [1.29, 1.82) is 0 Å². The number of ether oxygens (including phenoxy) is 1. The fourth-order valence-corrected chi connectivity index (χ4v) is 3.18. The number of para-hydroxylation sites is 1. The third kappa shape index (κ3) is 3.22. The summed E-state index contributed by atoms with van der Waals surface area (Å²) in [5, 5.41) is 17.1. The zero-order chi connectivity index (χ0) is 18.8. The van der Waals surface area contributed by atoms with Crippen LogP contribution < -0.4 is 10.4 Å². The third-order valence-corrected chi connectivity index (χ3v) is 4.53. The maximum atomic E-state index is 12.3. The standard InChI is InChI=1S/C20H23N3O3/c1-12(2)15-10-16(17(24)9-13(15)3)19-21-22-20(25)23(19)11-14-7-5-6-8-18(14)26-4/h5-10,12,24H,11H2,1-4H3,(H,22,25). The van der Waals surface area contributed by atoms with E-state index in [9.17, 15) is 9.90 Å². The van der Waals surface area contributed by atoms with Gasteiger partial charge < -0.3 is 9.84 Å². The minimum atomic E-state index is -0.336. The fraction of sp³-hybridized carbons (Fsp3) is 0.300. The van der Waals surface area contributed by atoms with Crippen LogP contribution in [0.3, 0.4) is 0 Å². The Labute approximate surface area is 152 Å². The first-order valence-corrected chi connectivity index (χ1v) is 8.53. The van der Waals surface area contributed by atoms with Crippen molar-refractivity contribution >= 4 is 0 Å². The molecule has 26 heavy (non-hydrogen) atoms. The predicted molar refractivity (Wildman–Crippen MR) is 101 cm³/mol. The van der Waals surface area contributed by atoms with E-state index >= 15 is 0 Å². The highest BCUT2D eigenvalue weighted by Gasteiger charge is 2.18. The van der Waals surface area contributed by atoms with E-state index in [1.54, 1.807) is 13.2 Å². The zero-order valence-corrected chi connectivity index (χ0v) is 15.4.